The maximum atomic E-state index is 12.4. The predicted molar refractivity (Wildman–Crippen MR) is 103 cm³/mol. The van der Waals surface area contributed by atoms with Crippen LogP contribution >= 0.6 is 11.6 Å². The van der Waals surface area contributed by atoms with Crippen molar-refractivity contribution < 1.29 is 13.2 Å². The van der Waals surface area contributed by atoms with E-state index < -0.39 is 10.0 Å². The number of nitrogens with one attached hydrogen (secondary N) is 2. The zero-order valence-electron chi connectivity index (χ0n) is 13.5. The third-order valence-corrected chi connectivity index (χ3v) is 5.27. The van der Waals surface area contributed by atoms with E-state index in [0.29, 0.717) is 27.8 Å². The minimum atomic E-state index is -3.69. The summed E-state index contributed by atoms with van der Waals surface area (Å²) in [6.45, 7) is 0. The van der Waals surface area contributed by atoms with Crippen LogP contribution in [-0.4, -0.2) is 14.6 Å². The third kappa shape index (κ3) is 4.04. The second kappa shape index (κ2) is 7.59. The first-order valence-corrected chi connectivity index (χ1v) is 9.50. The molecule has 0 heterocycles. The number of halogens is 1. The lowest BCUT2D eigenvalue weighted by atomic mass is 10.2. The largest absolute Gasteiger partial charge is 0.457 e. The van der Waals surface area contributed by atoms with Crippen LogP contribution in [0.2, 0.25) is 5.02 Å². The Balaban J connectivity index is 1.81. The molecule has 0 fully saturated rings. The summed E-state index contributed by atoms with van der Waals surface area (Å²) < 4.78 is 33.1. The van der Waals surface area contributed by atoms with Crippen molar-refractivity contribution in [2.24, 2.45) is 0 Å². The summed E-state index contributed by atoms with van der Waals surface area (Å²) in [5.41, 5.74) is 0.944. The van der Waals surface area contributed by atoms with E-state index in [0.717, 1.165) is 6.21 Å². The van der Waals surface area contributed by atoms with E-state index in [1.165, 1.54) is 12.1 Å². The lowest BCUT2D eigenvalue weighted by molar-refractivity contribution is 0.481. The molecule has 3 rings (SSSR count). The van der Waals surface area contributed by atoms with Gasteiger partial charge in [-0.1, -0.05) is 35.9 Å². The van der Waals surface area contributed by atoms with Crippen molar-refractivity contribution in [1.29, 1.82) is 5.41 Å². The number of rotatable bonds is 6. The average molecular weight is 387 g/mol. The second-order valence-electron chi connectivity index (χ2n) is 5.34. The minimum Gasteiger partial charge on any atom is -0.457 e. The van der Waals surface area contributed by atoms with E-state index in [2.05, 4.69) is 4.72 Å². The van der Waals surface area contributed by atoms with E-state index in [-0.39, 0.29) is 4.90 Å². The minimum absolute atomic E-state index is 0.118. The van der Waals surface area contributed by atoms with Crippen LogP contribution in [-0.2, 0) is 10.0 Å². The van der Waals surface area contributed by atoms with Crippen molar-refractivity contribution in [1.82, 2.24) is 0 Å². The number of benzene rings is 3. The lowest BCUT2D eigenvalue weighted by Gasteiger charge is -2.11. The van der Waals surface area contributed by atoms with Crippen LogP contribution in [0.15, 0.2) is 77.7 Å². The molecular formula is C19H15ClN2O3S. The number of ether oxygens (including phenoxy) is 1. The van der Waals surface area contributed by atoms with Gasteiger partial charge in [0.2, 0.25) is 0 Å². The molecule has 0 bridgehead atoms. The first-order valence-electron chi connectivity index (χ1n) is 7.64. The molecule has 0 amide bonds. The van der Waals surface area contributed by atoms with Crippen LogP contribution in [0.4, 0.5) is 5.69 Å². The van der Waals surface area contributed by atoms with Crippen molar-refractivity contribution in [3.05, 3.63) is 83.4 Å². The highest BCUT2D eigenvalue weighted by Gasteiger charge is 2.14. The fraction of sp³-hybridized carbons (Fsp3) is 0. The summed E-state index contributed by atoms with van der Waals surface area (Å²) in [5, 5.41) is 7.84. The molecule has 0 saturated carbocycles. The zero-order valence-corrected chi connectivity index (χ0v) is 15.1. The fourth-order valence-electron chi connectivity index (χ4n) is 2.28. The molecule has 132 valence electrons. The summed E-state index contributed by atoms with van der Waals surface area (Å²) in [4.78, 5) is 0.118. The van der Waals surface area contributed by atoms with Gasteiger partial charge in [0.15, 0.2) is 0 Å². The highest BCUT2D eigenvalue weighted by atomic mass is 35.5. The van der Waals surface area contributed by atoms with E-state index in [1.54, 1.807) is 54.6 Å². The highest BCUT2D eigenvalue weighted by Crippen LogP contribution is 2.29. The van der Waals surface area contributed by atoms with Crippen molar-refractivity contribution in [2.45, 2.75) is 4.90 Å². The summed E-state index contributed by atoms with van der Waals surface area (Å²) >= 11 is 6.04. The SMILES string of the molecule is N=Cc1c(Cl)cccc1Oc1ccc(S(=O)(=O)Nc2ccccc2)cc1. The zero-order chi connectivity index (χ0) is 18.6. The standard InChI is InChI=1S/C19H15ClN2O3S/c20-18-7-4-8-19(17(18)13-21)25-15-9-11-16(12-10-15)26(23,24)22-14-5-2-1-3-6-14/h1-13,21-22H. The van der Waals surface area contributed by atoms with E-state index >= 15 is 0 Å². The van der Waals surface area contributed by atoms with Crippen molar-refractivity contribution in [3.8, 4) is 11.5 Å². The molecule has 2 N–H and O–H groups in total. The molecule has 0 spiro atoms. The van der Waals surface area contributed by atoms with Gasteiger partial charge in [0.05, 0.1) is 15.5 Å². The Morgan fingerprint density at radius 3 is 2.27 bits per heavy atom. The van der Waals surface area contributed by atoms with Gasteiger partial charge >= 0.3 is 0 Å². The Kier molecular flexibility index (Phi) is 5.25. The molecule has 0 radical (unpaired) electrons. The second-order valence-corrected chi connectivity index (χ2v) is 7.43. The van der Waals surface area contributed by atoms with Crippen molar-refractivity contribution in [2.75, 3.05) is 4.72 Å². The van der Waals surface area contributed by atoms with Gasteiger partial charge in [0.25, 0.3) is 10.0 Å². The molecule has 3 aromatic carbocycles. The molecule has 0 saturated heterocycles. The van der Waals surface area contributed by atoms with Crippen LogP contribution in [0.25, 0.3) is 0 Å². The molecule has 0 aliphatic rings. The first-order chi connectivity index (χ1) is 12.5. The molecule has 7 heteroatoms. The summed E-state index contributed by atoms with van der Waals surface area (Å²) in [6.07, 6.45) is 1.11. The number of hydrogen-bond donors (Lipinski definition) is 2. The molecule has 0 aliphatic carbocycles. The highest BCUT2D eigenvalue weighted by molar-refractivity contribution is 7.92. The molecule has 5 nitrogen and oxygen atoms in total. The van der Waals surface area contributed by atoms with Crippen LogP contribution in [0, 0.1) is 5.41 Å². The summed E-state index contributed by atoms with van der Waals surface area (Å²) in [6, 6.07) is 19.7. The third-order valence-electron chi connectivity index (χ3n) is 3.55. The van der Waals surface area contributed by atoms with Crippen molar-refractivity contribution in [3.63, 3.8) is 0 Å². The topological polar surface area (TPSA) is 79.2 Å². The van der Waals surface area contributed by atoms with Gasteiger partial charge in [-0.2, -0.15) is 0 Å². The van der Waals surface area contributed by atoms with Gasteiger partial charge < -0.3 is 10.1 Å². The van der Waals surface area contributed by atoms with Crippen LogP contribution in [0.1, 0.15) is 5.56 Å². The fourth-order valence-corrected chi connectivity index (χ4v) is 3.56. The molecule has 0 aromatic heterocycles. The van der Waals surface area contributed by atoms with E-state index in [1.807, 2.05) is 6.07 Å². The van der Waals surface area contributed by atoms with Crippen LogP contribution < -0.4 is 9.46 Å². The number of anilines is 1. The van der Waals surface area contributed by atoms with Gasteiger partial charge in [-0.25, -0.2) is 8.42 Å². The number of sulfonamides is 1. The normalized spacial score (nSPS) is 11.0. The number of para-hydroxylation sites is 1. The Morgan fingerprint density at radius 1 is 0.923 bits per heavy atom. The number of hydrogen-bond acceptors (Lipinski definition) is 4. The quantitative estimate of drug-likeness (QED) is 0.589. The maximum Gasteiger partial charge on any atom is 0.261 e. The molecule has 26 heavy (non-hydrogen) atoms. The van der Waals surface area contributed by atoms with E-state index in [9.17, 15) is 8.42 Å². The van der Waals surface area contributed by atoms with Gasteiger partial charge in [-0.05, 0) is 48.5 Å². The predicted octanol–water partition coefficient (Wildman–Crippen LogP) is 4.93. The van der Waals surface area contributed by atoms with Gasteiger partial charge in [-0.3, -0.25) is 4.72 Å². The molecule has 3 aromatic rings. The molecular weight excluding hydrogens is 372 g/mol. The lowest BCUT2D eigenvalue weighted by Crippen LogP contribution is -2.12. The summed E-state index contributed by atoms with van der Waals surface area (Å²) in [7, 11) is -3.69. The Hall–Kier alpha value is -2.83. The van der Waals surface area contributed by atoms with Gasteiger partial charge in [0, 0.05) is 11.9 Å². The molecule has 0 atom stereocenters. The van der Waals surface area contributed by atoms with Gasteiger partial charge in [-0.15, -0.1) is 0 Å². The average Bonchev–Trinajstić information content (AvgIpc) is 2.63. The first kappa shape index (κ1) is 18.0. The molecule has 0 unspecified atom stereocenters. The van der Waals surface area contributed by atoms with Gasteiger partial charge in [0.1, 0.15) is 11.5 Å². The Morgan fingerprint density at radius 2 is 1.62 bits per heavy atom. The molecule has 0 aliphatic heterocycles. The summed E-state index contributed by atoms with van der Waals surface area (Å²) in [5.74, 6) is 0.861. The Bertz CT molecular complexity index is 1020. The van der Waals surface area contributed by atoms with E-state index in [4.69, 9.17) is 21.7 Å². The smallest absolute Gasteiger partial charge is 0.261 e. The maximum absolute atomic E-state index is 12.4. The van der Waals surface area contributed by atoms with Crippen LogP contribution in [0.5, 0.6) is 11.5 Å². The van der Waals surface area contributed by atoms with Crippen LogP contribution in [0.3, 0.4) is 0 Å². The monoisotopic (exact) mass is 386 g/mol. The van der Waals surface area contributed by atoms with Crippen molar-refractivity contribution >= 4 is 33.5 Å². The Labute approximate surface area is 156 Å².